The summed E-state index contributed by atoms with van der Waals surface area (Å²) in [7, 11) is 1.99. The number of fused-ring (bicyclic) bond motifs is 1. The Hall–Kier alpha value is -3.74. The molecule has 2 aliphatic heterocycles. The van der Waals surface area contributed by atoms with Crippen LogP contribution in [0, 0.1) is 13.8 Å². The lowest BCUT2D eigenvalue weighted by atomic mass is 9.95. The van der Waals surface area contributed by atoms with E-state index in [9.17, 15) is 14.4 Å². The third kappa shape index (κ3) is 3.12. The fraction of sp³-hybridized carbons (Fsp3) is 0.280. The maximum absolute atomic E-state index is 13.0. The first-order chi connectivity index (χ1) is 15.3. The van der Waals surface area contributed by atoms with Gasteiger partial charge in [0, 0.05) is 36.7 Å². The number of nitrogens with one attached hydrogen (secondary N) is 1. The van der Waals surface area contributed by atoms with E-state index in [4.69, 9.17) is 0 Å². The van der Waals surface area contributed by atoms with Crippen LogP contribution in [0.1, 0.15) is 39.9 Å². The number of nitrogens with zero attached hydrogens (tertiary/aromatic N) is 3. The Morgan fingerprint density at radius 3 is 2.53 bits per heavy atom. The van der Waals surface area contributed by atoms with E-state index in [0.717, 1.165) is 28.1 Å². The van der Waals surface area contributed by atoms with Crippen molar-refractivity contribution in [3.63, 3.8) is 0 Å². The first-order valence-electron chi connectivity index (χ1n) is 10.7. The summed E-state index contributed by atoms with van der Waals surface area (Å²) in [6.45, 7) is 4.54. The number of piperidine rings is 1. The van der Waals surface area contributed by atoms with Gasteiger partial charge in [-0.15, -0.1) is 0 Å². The fourth-order valence-electron chi connectivity index (χ4n) is 4.85. The first-order valence-corrected chi connectivity index (χ1v) is 10.7. The van der Waals surface area contributed by atoms with Gasteiger partial charge in [-0.1, -0.05) is 24.3 Å². The van der Waals surface area contributed by atoms with Crippen LogP contribution in [0.5, 0.6) is 0 Å². The maximum Gasteiger partial charge on any atom is 0.255 e. The number of aryl methyl sites for hydroxylation is 3. The van der Waals surface area contributed by atoms with Crippen LogP contribution in [0.15, 0.2) is 42.7 Å². The molecule has 3 heterocycles. The van der Waals surface area contributed by atoms with Crippen LogP contribution in [-0.4, -0.2) is 38.2 Å². The molecule has 1 saturated heterocycles. The van der Waals surface area contributed by atoms with Crippen LogP contribution in [0.25, 0.3) is 22.5 Å². The second-order valence-electron chi connectivity index (χ2n) is 8.59. The van der Waals surface area contributed by atoms with Crippen LogP contribution < -0.4 is 5.32 Å². The van der Waals surface area contributed by atoms with Gasteiger partial charge in [0.25, 0.3) is 5.91 Å². The Labute approximate surface area is 186 Å². The molecule has 5 rings (SSSR count). The second-order valence-corrected chi connectivity index (χ2v) is 8.59. The summed E-state index contributed by atoms with van der Waals surface area (Å²) in [5.74, 6) is -0.853. The molecule has 2 aliphatic rings. The molecule has 3 amide bonds. The summed E-state index contributed by atoms with van der Waals surface area (Å²) < 4.78 is 2.03. The number of amides is 3. The number of hydrogen-bond donors (Lipinski definition) is 1. The Morgan fingerprint density at radius 2 is 1.81 bits per heavy atom. The van der Waals surface area contributed by atoms with Gasteiger partial charge in [0.2, 0.25) is 11.8 Å². The minimum atomic E-state index is -0.615. The van der Waals surface area contributed by atoms with Crippen LogP contribution in [-0.2, 0) is 23.2 Å². The summed E-state index contributed by atoms with van der Waals surface area (Å²) >= 11 is 0. The largest absolute Gasteiger partial charge is 0.333 e. The van der Waals surface area contributed by atoms with Crippen molar-refractivity contribution < 1.29 is 14.4 Å². The highest BCUT2D eigenvalue weighted by molar-refractivity contribution is 6.05. The van der Waals surface area contributed by atoms with Crippen molar-refractivity contribution >= 4 is 17.7 Å². The van der Waals surface area contributed by atoms with Gasteiger partial charge in [-0.3, -0.25) is 19.7 Å². The minimum absolute atomic E-state index is 0.169. The highest BCUT2D eigenvalue weighted by Crippen LogP contribution is 2.37. The molecule has 2 aromatic carbocycles. The normalized spacial score (nSPS) is 18.2. The van der Waals surface area contributed by atoms with E-state index in [0.29, 0.717) is 18.5 Å². The molecule has 0 aliphatic carbocycles. The van der Waals surface area contributed by atoms with Crippen molar-refractivity contribution in [3.8, 4) is 22.5 Å². The van der Waals surface area contributed by atoms with E-state index >= 15 is 0 Å². The van der Waals surface area contributed by atoms with Crippen molar-refractivity contribution in [2.24, 2.45) is 7.05 Å². The quantitative estimate of drug-likeness (QED) is 0.650. The molecular formula is C25H24N4O3. The molecule has 7 heteroatoms. The lowest BCUT2D eigenvalue weighted by Gasteiger charge is -2.29. The van der Waals surface area contributed by atoms with Crippen LogP contribution in [0.2, 0.25) is 0 Å². The van der Waals surface area contributed by atoms with Crippen molar-refractivity contribution in [1.82, 2.24) is 19.8 Å². The summed E-state index contributed by atoms with van der Waals surface area (Å²) in [5, 5.41) is 2.35. The molecule has 1 atom stereocenters. The molecule has 3 aromatic rings. The van der Waals surface area contributed by atoms with Gasteiger partial charge < -0.3 is 9.47 Å². The van der Waals surface area contributed by atoms with Gasteiger partial charge in [-0.2, -0.15) is 0 Å². The topological polar surface area (TPSA) is 84.3 Å². The van der Waals surface area contributed by atoms with Crippen LogP contribution in [0.3, 0.4) is 0 Å². The van der Waals surface area contributed by atoms with Crippen molar-refractivity contribution in [2.45, 2.75) is 39.3 Å². The van der Waals surface area contributed by atoms with E-state index in [-0.39, 0.29) is 18.2 Å². The Morgan fingerprint density at radius 1 is 1.06 bits per heavy atom. The maximum atomic E-state index is 13.0. The molecule has 7 nitrogen and oxygen atoms in total. The number of carbonyl (C=O) groups is 3. The van der Waals surface area contributed by atoms with Gasteiger partial charge in [0.15, 0.2) is 0 Å². The summed E-state index contributed by atoms with van der Waals surface area (Å²) in [6, 6.07) is 11.4. The average Bonchev–Trinajstić information content (AvgIpc) is 3.28. The number of hydrogen-bond acceptors (Lipinski definition) is 4. The second kappa shape index (κ2) is 7.44. The fourth-order valence-corrected chi connectivity index (χ4v) is 4.85. The van der Waals surface area contributed by atoms with Gasteiger partial charge >= 0.3 is 0 Å². The number of imidazole rings is 1. The predicted octanol–water partition coefficient (Wildman–Crippen LogP) is 3.13. The molecule has 0 spiro atoms. The number of rotatable bonds is 3. The molecule has 1 fully saturated rings. The third-order valence-electron chi connectivity index (χ3n) is 6.45. The Balaban J connectivity index is 1.52. The SMILES string of the molecule is Cc1cccc(C)c1-c1c(-c2ccc3c(c2)CN(C2CCC(=O)NC2=O)C3=O)ncn1C. The van der Waals surface area contributed by atoms with E-state index in [1.54, 1.807) is 4.90 Å². The number of imide groups is 1. The van der Waals surface area contributed by atoms with Gasteiger partial charge in [0.1, 0.15) is 6.04 Å². The molecule has 1 N–H and O–H groups in total. The average molecular weight is 428 g/mol. The summed E-state index contributed by atoms with van der Waals surface area (Å²) in [5.41, 5.74) is 7.81. The van der Waals surface area contributed by atoms with Crippen molar-refractivity contribution in [2.75, 3.05) is 0 Å². The molecule has 1 aromatic heterocycles. The lowest BCUT2D eigenvalue weighted by Crippen LogP contribution is -2.52. The van der Waals surface area contributed by atoms with Crippen molar-refractivity contribution in [1.29, 1.82) is 0 Å². The molecule has 1 unspecified atom stereocenters. The van der Waals surface area contributed by atoms with Crippen molar-refractivity contribution in [3.05, 3.63) is 65.0 Å². The number of aromatic nitrogens is 2. The number of carbonyl (C=O) groups excluding carboxylic acids is 3. The van der Waals surface area contributed by atoms with E-state index in [1.807, 2.05) is 36.1 Å². The predicted molar refractivity (Wildman–Crippen MR) is 120 cm³/mol. The first kappa shape index (κ1) is 20.2. The molecule has 0 saturated carbocycles. The van der Waals surface area contributed by atoms with Gasteiger partial charge in [0.05, 0.1) is 17.7 Å². The van der Waals surface area contributed by atoms with Gasteiger partial charge in [-0.25, -0.2) is 4.98 Å². The summed E-state index contributed by atoms with van der Waals surface area (Å²) in [4.78, 5) is 43.0. The van der Waals surface area contributed by atoms with E-state index in [2.05, 4.69) is 42.3 Å². The molecule has 0 bridgehead atoms. The van der Waals surface area contributed by atoms with Gasteiger partial charge in [-0.05, 0) is 49.1 Å². The molecule has 162 valence electrons. The molecule has 32 heavy (non-hydrogen) atoms. The highest BCUT2D eigenvalue weighted by atomic mass is 16.2. The lowest BCUT2D eigenvalue weighted by molar-refractivity contribution is -0.136. The van der Waals surface area contributed by atoms with Crippen LogP contribution >= 0.6 is 0 Å². The smallest absolute Gasteiger partial charge is 0.255 e. The molecule has 0 radical (unpaired) electrons. The zero-order valence-corrected chi connectivity index (χ0v) is 18.3. The summed E-state index contributed by atoms with van der Waals surface area (Å²) in [6.07, 6.45) is 2.41. The minimum Gasteiger partial charge on any atom is -0.333 e. The van der Waals surface area contributed by atoms with Crippen LogP contribution in [0.4, 0.5) is 0 Å². The van der Waals surface area contributed by atoms with E-state index in [1.165, 1.54) is 11.1 Å². The zero-order valence-electron chi connectivity index (χ0n) is 18.3. The zero-order chi connectivity index (χ0) is 22.6. The third-order valence-corrected chi connectivity index (χ3v) is 6.45. The number of benzene rings is 2. The van der Waals surface area contributed by atoms with E-state index < -0.39 is 11.9 Å². The Kier molecular flexibility index (Phi) is 4.69. The monoisotopic (exact) mass is 428 g/mol. The molecular weight excluding hydrogens is 404 g/mol. The highest BCUT2D eigenvalue weighted by Gasteiger charge is 2.39. The Bertz CT molecular complexity index is 1270. The standard InChI is InChI=1S/C25H24N4O3/c1-14-5-4-6-15(2)21(14)23-22(26-13-28(23)3)16-7-8-18-17(11-16)12-29(25(18)32)19-9-10-20(30)27-24(19)31/h4-8,11,13,19H,9-10,12H2,1-3H3,(H,27,30,31).